The molecule has 1 unspecified atom stereocenters. The molecule has 1 rings (SSSR count). The minimum absolute atomic E-state index is 0.394. The Hall–Kier alpha value is -1.16. The van der Waals surface area contributed by atoms with Crippen molar-refractivity contribution in [3.8, 4) is 5.75 Å². The van der Waals surface area contributed by atoms with Gasteiger partial charge in [-0.2, -0.15) is 0 Å². The molecule has 0 aliphatic heterocycles. The highest BCUT2D eigenvalue weighted by Gasteiger charge is 2.17. The molecule has 0 fully saturated rings. The van der Waals surface area contributed by atoms with E-state index < -0.39 is 12.5 Å². The molecule has 14 heavy (non-hydrogen) atoms. The third-order valence-corrected chi connectivity index (χ3v) is 1.83. The molecule has 0 bridgehead atoms. The minimum Gasteiger partial charge on any atom is -0.494 e. The van der Waals surface area contributed by atoms with Crippen LogP contribution in [0.15, 0.2) is 24.3 Å². The first-order chi connectivity index (χ1) is 6.65. The van der Waals surface area contributed by atoms with Crippen LogP contribution in [0, 0.1) is 0 Å². The molecule has 0 saturated carbocycles. The number of rotatable bonds is 4. The van der Waals surface area contributed by atoms with Gasteiger partial charge in [-0.15, -0.1) is 0 Å². The molecular formula is C10H13F2NO. The van der Waals surface area contributed by atoms with Crippen LogP contribution in [-0.4, -0.2) is 13.0 Å². The lowest BCUT2D eigenvalue weighted by atomic mass is 10.1. The number of benzene rings is 1. The maximum absolute atomic E-state index is 12.3. The zero-order valence-electron chi connectivity index (χ0n) is 7.91. The summed E-state index contributed by atoms with van der Waals surface area (Å²) in [6, 6.07) is 5.24. The molecular weight excluding hydrogens is 188 g/mol. The van der Waals surface area contributed by atoms with Crippen LogP contribution in [0.3, 0.4) is 0 Å². The fourth-order valence-electron chi connectivity index (χ4n) is 1.12. The van der Waals surface area contributed by atoms with Crippen molar-refractivity contribution in [2.45, 2.75) is 19.4 Å². The van der Waals surface area contributed by atoms with E-state index in [1.165, 1.54) is 0 Å². The first-order valence-corrected chi connectivity index (χ1v) is 4.41. The van der Waals surface area contributed by atoms with E-state index in [0.29, 0.717) is 17.9 Å². The number of nitrogens with two attached hydrogens (primary N) is 1. The van der Waals surface area contributed by atoms with Gasteiger partial charge in [-0.25, -0.2) is 8.78 Å². The molecule has 1 aromatic carbocycles. The predicted molar refractivity (Wildman–Crippen MR) is 50.5 cm³/mol. The fraction of sp³-hybridized carbons (Fsp3) is 0.400. The average molecular weight is 201 g/mol. The Balaban J connectivity index is 2.82. The average Bonchev–Trinajstić information content (AvgIpc) is 2.17. The van der Waals surface area contributed by atoms with Gasteiger partial charge in [0, 0.05) is 0 Å². The van der Waals surface area contributed by atoms with Crippen LogP contribution >= 0.6 is 0 Å². The van der Waals surface area contributed by atoms with Crippen molar-refractivity contribution in [3.05, 3.63) is 29.8 Å². The fourth-order valence-corrected chi connectivity index (χ4v) is 1.12. The zero-order valence-corrected chi connectivity index (χ0v) is 7.91. The Morgan fingerprint density at radius 3 is 2.71 bits per heavy atom. The minimum atomic E-state index is -2.55. The number of halogens is 2. The van der Waals surface area contributed by atoms with E-state index in [1.54, 1.807) is 24.3 Å². The van der Waals surface area contributed by atoms with Gasteiger partial charge in [0.2, 0.25) is 0 Å². The Morgan fingerprint density at radius 1 is 1.43 bits per heavy atom. The van der Waals surface area contributed by atoms with Gasteiger partial charge in [0.05, 0.1) is 12.6 Å². The van der Waals surface area contributed by atoms with Gasteiger partial charge in [0.25, 0.3) is 6.43 Å². The van der Waals surface area contributed by atoms with Crippen LogP contribution in [0.1, 0.15) is 18.5 Å². The molecule has 1 atom stereocenters. The smallest absolute Gasteiger partial charge is 0.257 e. The van der Waals surface area contributed by atoms with Crippen LogP contribution < -0.4 is 10.5 Å². The molecule has 0 aliphatic carbocycles. The second kappa shape index (κ2) is 4.91. The summed E-state index contributed by atoms with van der Waals surface area (Å²) in [7, 11) is 0. The van der Waals surface area contributed by atoms with Crippen LogP contribution in [0.5, 0.6) is 5.75 Å². The van der Waals surface area contributed by atoms with Crippen LogP contribution in [-0.2, 0) is 0 Å². The number of hydrogen-bond donors (Lipinski definition) is 1. The first kappa shape index (κ1) is 10.9. The normalized spacial score (nSPS) is 12.9. The summed E-state index contributed by atoms with van der Waals surface area (Å²) in [4.78, 5) is 0. The molecule has 2 nitrogen and oxygen atoms in total. The van der Waals surface area contributed by atoms with Crippen LogP contribution in [0.2, 0.25) is 0 Å². The van der Waals surface area contributed by atoms with Gasteiger partial charge in [-0.1, -0.05) is 12.1 Å². The SMILES string of the molecule is CCOc1cccc(C(N)C(F)F)c1. The maximum atomic E-state index is 12.3. The second-order valence-electron chi connectivity index (χ2n) is 2.87. The molecule has 0 aromatic heterocycles. The molecule has 0 spiro atoms. The Morgan fingerprint density at radius 2 is 2.14 bits per heavy atom. The summed E-state index contributed by atoms with van der Waals surface area (Å²) in [6.45, 7) is 2.34. The van der Waals surface area contributed by atoms with E-state index in [1.807, 2.05) is 6.92 Å². The van der Waals surface area contributed by atoms with Crippen molar-refractivity contribution in [2.24, 2.45) is 5.73 Å². The maximum Gasteiger partial charge on any atom is 0.257 e. The molecule has 0 aliphatic rings. The van der Waals surface area contributed by atoms with Gasteiger partial charge in [0.15, 0.2) is 0 Å². The van der Waals surface area contributed by atoms with Crippen molar-refractivity contribution < 1.29 is 13.5 Å². The van der Waals surface area contributed by atoms with E-state index in [-0.39, 0.29) is 0 Å². The summed E-state index contributed by atoms with van der Waals surface area (Å²) in [5.41, 5.74) is 5.69. The van der Waals surface area contributed by atoms with E-state index in [0.717, 1.165) is 0 Å². The van der Waals surface area contributed by atoms with E-state index >= 15 is 0 Å². The summed E-state index contributed by atoms with van der Waals surface area (Å²) in [5.74, 6) is 0.570. The first-order valence-electron chi connectivity index (χ1n) is 4.41. The molecule has 0 saturated heterocycles. The van der Waals surface area contributed by atoms with Gasteiger partial charge < -0.3 is 10.5 Å². The third kappa shape index (κ3) is 2.67. The molecule has 0 heterocycles. The molecule has 78 valence electrons. The topological polar surface area (TPSA) is 35.2 Å². The lowest BCUT2D eigenvalue weighted by molar-refractivity contribution is 0.116. The van der Waals surface area contributed by atoms with E-state index in [9.17, 15) is 8.78 Å². The predicted octanol–water partition coefficient (Wildman–Crippen LogP) is 2.35. The van der Waals surface area contributed by atoms with E-state index in [4.69, 9.17) is 10.5 Å². The summed E-state index contributed by atoms with van der Waals surface area (Å²) in [6.07, 6.45) is -2.55. The molecule has 4 heteroatoms. The van der Waals surface area contributed by atoms with Crippen molar-refractivity contribution in [1.29, 1.82) is 0 Å². The standard InChI is InChI=1S/C10H13F2NO/c1-2-14-8-5-3-4-7(6-8)9(13)10(11)12/h3-6,9-10H,2,13H2,1H3. The molecule has 1 aromatic rings. The van der Waals surface area contributed by atoms with Crippen LogP contribution in [0.25, 0.3) is 0 Å². The molecule has 2 N–H and O–H groups in total. The number of ether oxygens (including phenoxy) is 1. The van der Waals surface area contributed by atoms with Gasteiger partial charge >= 0.3 is 0 Å². The Labute approximate surface area is 81.7 Å². The number of hydrogen-bond acceptors (Lipinski definition) is 2. The summed E-state index contributed by atoms with van der Waals surface area (Å²) < 4.78 is 29.7. The monoisotopic (exact) mass is 201 g/mol. The highest BCUT2D eigenvalue weighted by Crippen LogP contribution is 2.21. The molecule has 0 radical (unpaired) electrons. The quantitative estimate of drug-likeness (QED) is 0.811. The highest BCUT2D eigenvalue weighted by molar-refractivity contribution is 5.30. The van der Waals surface area contributed by atoms with Crippen molar-refractivity contribution in [1.82, 2.24) is 0 Å². The number of alkyl halides is 2. The van der Waals surface area contributed by atoms with Crippen molar-refractivity contribution in [2.75, 3.05) is 6.61 Å². The largest absolute Gasteiger partial charge is 0.494 e. The third-order valence-electron chi connectivity index (χ3n) is 1.83. The van der Waals surface area contributed by atoms with Crippen molar-refractivity contribution in [3.63, 3.8) is 0 Å². The van der Waals surface area contributed by atoms with Gasteiger partial charge in [-0.05, 0) is 24.6 Å². The van der Waals surface area contributed by atoms with Crippen molar-refractivity contribution >= 4 is 0 Å². The Kier molecular flexibility index (Phi) is 3.83. The lowest BCUT2D eigenvalue weighted by Gasteiger charge is -2.12. The molecule has 0 amide bonds. The van der Waals surface area contributed by atoms with Gasteiger partial charge in [0.1, 0.15) is 5.75 Å². The Bertz CT molecular complexity index is 291. The second-order valence-corrected chi connectivity index (χ2v) is 2.87. The van der Waals surface area contributed by atoms with Gasteiger partial charge in [-0.3, -0.25) is 0 Å². The summed E-state index contributed by atoms with van der Waals surface area (Å²) in [5, 5.41) is 0. The van der Waals surface area contributed by atoms with Crippen LogP contribution in [0.4, 0.5) is 8.78 Å². The zero-order chi connectivity index (χ0) is 10.6. The summed E-state index contributed by atoms with van der Waals surface area (Å²) >= 11 is 0. The van der Waals surface area contributed by atoms with E-state index in [2.05, 4.69) is 0 Å². The lowest BCUT2D eigenvalue weighted by Crippen LogP contribution is -2.18. The highest BCUT2D eigenvalue weighted by atomic mass is 19.3.